The van der Waals surface area contributed by atoms with Gasteiger partial charge in [-0.15, -0.1) is 0 Å². The number of para-hydroxylation sites is 1. The van der Waals surface area contributed by atoms with E-state index in [0.717, 1.165) is 35.4 Å². The van der Waals surface area contributed by atoms with Crippen LogP contribution in [0.1, 0.15) is 5.56 Å². The first-order valence-electron chi connectivity index (χ1n) is 7.28. The van der Waals surface area contributed by atoms with Gasteiger partial charge >= 0.3 is 0 Å². The number of aliphatic imine (C=N–C) groups is 1. The highest BCUT2D eigenvalue weighted by molar-refractivity contribution is 6.05. The summed E-state index contributed by atoms with van der Waals surface area (Å²) in [6.45, 7) is 2.68. The molecule has 116 valence electrons. The van der Waals surface area contributed by atoms with Gasteiger partial charge in [-0.25, -0.2) is 0 Å². The number of morpholine rings is 1. The maximum atomic E-state index is 10.6. The molecule has 6 nitrogen and oxygen atoms in total. The fraction of sp³-hybridized carbons (Fsp3) is 0.375. The lowest BCUT2D eigenvalue weighted by Crippen LogP contribution is -2.37. The van der Waals surface area contributed by atoms with Crippen molar-refractivity contribution in [1.29, 1.82) is 0 Å². The van der Waals surface area contributed by atoms with Gasteiger partial charge in [-0.05, 0) is 6.07 Å². The summed E-state index contributed by atoms with van der Waals surface area (Å²) in [5, 5.41) is 11.7. The number of fused-ring (bicyclic) bond motifs is 1. The van der Waals surface area contributed by atoms with E-state index in [0.29, 0.717) is 13.2 Å². The molecule has 1 saturated heterocycles. The topological polar surface area (TPSA) is 69.9 Å². The van der Waals surface area contributed by atoms with E-state index in [1.807, 2.05) is 25.2 Å². The molecule has 1 aliphatic heterocycles. The molecule has 1 aromatic carbocycles. The van der Waals surface area contributed by atoms with Crippen molar-refractivity contribution in [2.45, 2.75) is 0 Å². The molecule has 2 aromatic rings. The Labute approximate surface area is 128 Å². The van der Waals surface area contributed by atoms with Crippen LogP contribution in [0.25, 0.3) is 10.9 Å². The minimum absolute atomic E-state index is 0.328. The second-order valence-corrected chi connectivity index (χ2v) is 5.25. The van der Waals surface area contributed by atoms with E-state index in [4.69, 9.17) is 4.74 Å². The number of carboxylic acid groups (broad SMARTS) is 1. The number of hydrogen-bond acceptors (Lipinski definition) is 5. The molecular weight excluding hydrogens is 282 g/mol. The summed E-state index contributed by atoms with van der Waals surface area (Å²) >= 11 is 0. The first kappa shape index (κ1) is 14.6. The van der Waals surface area contributed by atoms with E-state index in [9.17, 15) is 9.90 Å². The number of carbonyl (C=O) groups is 1. The fourth-order valence-electron chi connectivity index (χ4n) is 2.91. The van der Waals surface area contributed by atoms with E-state index >= 15 is 0 Å². The quantitative estimate of drug-likeness (QED) is 0.756. The maximum Gasteiger partial charge on any atom is 0.118 e. The monoisotopic (exact) mass is 300 g/mol. The number of anilines is 1. The zero-order valence-corrected chi connectivity index (χ0v) is 12.5. The maximum absolute atomic E-state index is 10.6. The second kappa shape index (κ2) is 6.19. The van der Waals surface area contributed by atoms with Gasteiger partial charge < -0.3 is 24.1 Å². The first-order chi connectivity index (χ1) is 10.7. The van der Waals surface area contributed by atoms with Gasteiger partial charge in [0, 0.05) is 37.3 Å². The molecule has 0 bridgehead atoms. The Morgan fingerprint density at radius 2 is 2.09 bits per heavy atom. The van der Waals surface area contributed by atoms with Crippen molar-refractivity contribution in [2.75, 3.05) is 37.7 Å². The number of benzene rings is 1. The molecule has 0 amide bonds. The minimum Gasteiger partial charge on any atom is -0.548 e. The molecule has 0 atom stereocenters. The lowest BCUT2D eigenvalue weighted by atomic mass is 10.1. The normalized spacial score (nSPS) is 15.8. The van der Waals surface area contributed by atoms with Gasteiger partial charge in [0.05, 0.1) is 31.2 Å². The predicted octanol–water partition coefficient (Wildman–Crippen LogP) is 0.184. The summed E-state index contributed by atoms with van der Waals surface area (Å²) < 4.78 is 7.54. The number of nitrogens with zero attached hydrogens (tertiary/aromatic N) is 3. The predicted molar refractivity (Wildman–Crippen MR) is 83.4 cm³/mol. The van der Waals surface area contributed by atoms with Gasteiger partial charge in [0.15, 0.2) is 0 Å². The number of aromatic nitrogens is 1. The van der Waals surface area contributed by atoms with Crippen LogP contribution >= 0.6 is 0 Å². The molecule has 6 heteroatoms. The number of aliphatic carboxylic acids is 1. The number of aryl methyl sites for hydroxylation is 1. The Morgan fingerprint density at radius 3 is 2.82 bits per heavy atom. The zero-order valence-electron chi connectivity index (χ0n) is 12.5. The molecule has 1 fully saturated rings. The molecule has 0 radical (unpaired) electrons. The highest BCUT2D eigenvalue weighted by Gasteiger charge is 2.20. The largest absolute Gasteiger partial charge is 0.548 e. The molecular formula is C16H18N3O3-. The highest BCUT2D eigenvalue weighted by Crippen LogP contribution is 2.31. The molecule has 22 heavy (non-hydrogen) atoms. The summed E-state index contributed by atoms with van der Waals surface area (Å²) in [6, 6.07) is 8.05. The van der Waals surface area contributed by atoms with Gasteiger partial charge in [0.2, 0.25) is 0 Å². The Balaban J connectivity index is 2.09. The van der Waals surface area contributed by atoms with E-state index in [1.54, 1.807) is 6.21 Å². The van der Waals surface area contributed by atoms with E-state index in [-0.39, 0.29) is 6.54 Å². The minimum atomic E-state index is -1.18. The summed E-state index contributed by atoms with van der Waals surface area (Å²) in [5.74, 6) is -0.129. The third-order valence-corrected chi connectivity index (χ3v) is 3.87. The molecule has 3 rings (SSSR count). The van der Waals surface area contributed by atoms with Crippen LogP contribution in [0.2, 0.25) is 0 Å². The first-order valence-corrected chi connectivity index (χ1v) is 7.28. The molecule has 0 saturated carbocycles. The Bertz CT molecular complexity index is 715. The Morgan fingerprint density at radius 1 is 1.36 bits per heavy atom. The SMILES string of the molecule is Cn1c(N2CCOCC2)c(C=NCC(=O)[O-])c2ccccc21. The summed E-state index contributed by atoms with van der Waals surface area (Å²) in [6.07, 6.45) is 1.64. The fourth-order valence-corrected chi connectivity index (χ4v) is 2.91. The van der Waals surface area contributed by atoms with Gasteiger partial charge in [-0.2, -0.15) is 0 Å². The lowest BCUT2D eigenvalue weighted by molar-refractivity contribution is -0.303. The van der Waals surface area contributed by atoms with Gasteiger partial charge in [0.1, 0.15) is 5.82 Å². The number of carbonyl (C=O) groups excluding carboxylic acids is 1. The molecule has 0 N–H and O–H groups in total. The van der Waals surface area contributed by atoms with Crippen LogP contribution in [0, 0.1) is 0 Å². The van der Waals surface area contributed by atoms with Crippen molar-refractivity contribution in [3.05, 3.63) is 29.8 Å². The molecule has 0 unspecified atom stereocenters. The average molecular weight is 300 g/mol. The molecule has 2 heterocycles. The zero-order chi connectivity index (χ0) is 15.5. The smallest absolute Gasteiger partial charge is 0.118 e. The van der Waals surface area contributed by atoms with Crippen LogP contribution in [0.3, 0.4) is 0 Å². The summed E-state index contributed by atoms with van der Waals surface area (Å²) in [7, 11) is 2.02. The summed E-state index contributed by atoms with van der Waals surface area (Å²) in [5.41, 5.74) is 2.04. The Kier molecular flexibility index (Phi) is 4.11. The van der Waals surface area contributed by atoms with Crippen LogP contribution in [-0.4, -0.2) is 49.6 Å². The third kappa shape index (κ3) is 2.69. The number of carboxylic acids is 1. The van der Waals surface area contributed by atoms with Crippen LogP contribution in [0.5, 0.6) is 0 Å². The molecule has 1 aromatic heterocycles. The third-order valence-electron chi connectivity index (χ3n) is 3.87. The average Bonchev–Trinajstić information content (AvgIpc) is 2.81. The standard InChI is InChI=1S/C16H19N3O3/c1-18-14-5-3-2-4-12(14)13(10-17-11-15(20)21)16(18)19-6-8-22-9-7-19/h2-5,10H,6-9,11H2,1H3,(H,20,21)/p-1. The van der Waals surface area contributed by atoms with Crippen molar-refractivity contribution in [3.8, 4) is 0 Å². The molecule has 0 spiro atoms. The van der Waals surface area contributed by atoms with Crippen molar-refractivity contribution >= 4 is 28.9 Å². The number of rotatable bonds is 4. The van der Waals surface area contributed by atoms with Crippen molar-refractivity contribution in [3.63, 3.8) is 0 Å². The van der Waals surface area contributed by atoms with Crippen LogP contribution in [-0.2, 0) is 16.6 Å². The van der Waals surface area contributed by atoms with E-state index in [1.165, 1.54) is 0 Å². The Hall–Kier alpha value is -2.34. The second-order valence-electron chi connectivity index (χ2n) is 5.25. The van der Waals surface area contributed by atoms with Crippen LogP contribution in [0.15, 0.2) is 29.3 Å². The van der Waals surface area contributed by atoms with E-state index < -0.39 is 5.97 Å². The highest BCUT2D eigenvalue weighted by atomic mass is 16.5. The van der Waals surface area contributed by atoms with Crippen LogP contribution in [0.4, 0.5) is 5.82 Å². The van der Waals surface area contributed by atoms with Crippen molar-refractivity contribution in [1.82, 2.24) is 4.57 Å². The number of hydrogen-bond donors (Lipinski definition) is 0. The number of ether oxygens (including phenoxy) is 1. The van der Waals surface area contributed by atoms with Gasteiger partial charge in [-0.3, -0.25) is 4.99 Å². The lowest BCUT2D eigenvalue weighted by Gasteiger charge is -2.29. The van der Waals surface area contributed by atoms with Crippen molar-refractivity contribution in [2.24, 2.45) is 12.0 Å². The van der Waals surface area contributed by atoms with Crippen LogP contribution < -0.4 is 10.0 Å². The summed E-state index contributed by atoms with van der Waals surface area (Å²) in [4.78, 5) is 16.8. The van der Waals surface area contributed by atoms with Gasteiger partial charge in [0.25, 0.3) is 0 Å². The van der Waals surface area contributed by atoms with Crippen molar-refractivity contribution < 1.29 is 14.6 Å². The van der Waals surface area contributed by atoms with E-state index in [2.05, 4.69) is 20.5 Å². The van der Waals surface area contributed by atoms with Gasteiger partial charge in [-0.1, -0.05) is 18.2 Å². The molecule has 0 aliphatic carbocycles. The molecule has 1 aliphatic rings.